The molecule has 1 heterocycles. The molecule has 70 valence electrons. The number of nitrogens with one attached hydrogen (secondary N) is 1. The van der Waals surface area contributed by atoms with E-state index >= 15 is 0 Å². The highest BCUT2D eigenvalue weighted by atomic mass is 79.9. The summed E-state index contributed by atoms with van der Waals surface area (Å²) < 4.78 is 6.85. The number of ether oxygens (including phenoxy) is 1. The van der Waals surface area contributed by atoms with Crippen molar-refractivity contribution in [2.24, 2.45) is 0 Å². The minimum absolute atomic E-state index is 0.361. The highest BCUT2D eigenvalue weighted by molar-refractivity contribution is 9.10. The van der Waals surface area contributed by atoms with E-state index in [-0.39, 0.29) is 0 Å². The quantitative estimate of drug-likeness (QED) is 0.857. The standard InChI is InChI=1S/C10H12BrNO/c1-7-4-8(11)2-3-10(7)13-9-5-12-6-9/h2-4,9,12H,5-6H2,1H3. The molecule has 0 aromatic heterocycles. The monoisotopic (exact) mass is 241 g/mol. The van der Waals surface area contributed by atoms with Gasteiger partial charge < -0.3 is 10.1 Å². The molecule has 1 aliphatic rings. The number of aryl methyl sites for hydroxylation is 1. The van der Waals surface area contributed by atoms with Crippen molar-refractivity contribution in [1.82, 2.24) is 5.32 Å². The summed E-state index contributed by atoms with van der Waals surface area (Å²) in [6.07, 6.45) is 0.361. The summed E-state index contributed by atoms with van der Waals surface area (Å²) in [5.41, 5.74) is 1.18. The molecule has 1 aliphatic heterocycles. The van der Waals surface area contributed by atoms with E-state index in [1.807, 2.05) is 12.1 Å². The molecule has 2 rings (SSSR count). The Morgan fingerprint density at radius 3 is 2.77 bits per heavy atom. The van der Waals surface area contributed by atoms with Crippen molar-refractivity contribution in [2.45, 2.75) is 13.0 Å². The van der Waals surface area contributed by atoms with Crippen molar-refractivity contribution in [1.29, 1.82) is 0 Å². The lowest BCUT2D eigenvalue weighted by Crippen LogP contribution is -2.50. The van der Waals surface area contributed by atoms with Crippen LogP contribution >= 0.6 is 15.9 Å². The molecule has 1 aromatic carbocycles. The number of benzene rings is 1. The summed E-state index contributed by atoms with van der Waals surface area (Å²) in [7, 11) is 0. The van der Waals surface area contributed by atoms with Gasteiger partial charge in [-0.05, 0) is 30.7 Å². The van der Waals surface area contributed by atoms with Crippen LogP contribution in [0.3, 0.4) is 0 Å². The van der Waals surface area contributed by atoms with Gasteiger partial charge in [0.2, 0.25) is 0 Å². The Kier molecular flexibility index (Phi) is 2.56. The highest BCUT2D eigenvalue weighted by Gasteiger charge is 2.18. The first-order valence-electron chi connectivity index (χ1n) is 4.39. The predicted octanol–water partition coefficient (Wildman–Crippen LogP) is 2.11. The van der Waals surface area contributed by atoms with Crippen LogP contribution in [0.5, 0.6) is 5.75 Å². The lowest BCUT2D eigenvalue weighted by Gasteiger charge is -2.28. The van der Waals surface area contributed by atoms with Gasteiger partial charge in [-0.25, -0.2) is 0 Å². The van der Waals surface area contributed by atoms with Gasteiger partial charge in [0.25, 0.3) is 0 Å². The lowest BCUT2D eigenvalue weighted by atomic mass is 10.2. The van der Waals surface area contributed by atoms with E-state index in [2.05, 4.69) is 34.2 Å². The normalized spacial score (nSPS) is 16.8. The topological polar surface area (TPSA) is 21.3 Å². The second-order valence-electron chi connectivity index (χ2n) is 3.31. The van der Waals surface area contributed by atoms with Crippen LogP contribution in [0.1, 0.15) is 5.56 Å². The van der Waals surface area contributed by atoms with Crippen molar-refractivity contribution >= 4 is 15.9 Å². The van der Waals surface area contributed by atoms with Crippen LogP contribution in [0.25, 0.3) is 0 Å². The summed E-state index contributed by atoms with van der Waals surface area (Å²) in [5.74, 6) is 0.995. The zero-order valence-corrected chi connectivity index (χ0v) is 9.10. The van der Waals surface area contributed by atoms with Gasteiger partial charge in [0.15, 0.2) is 0 Å². The summed E-state index contributed by atoms with van der Waals surface area (Å²) in [4.78, 5) is 0. The molecule has 2 nitrogen and oxygen atoms in total. The summed E-state index contributed by atoms with van der Waals surface area (Å²) in [6, 6.07) is 6.09. The zero-order valence-electron chi connectivity index (χ0n) is 7.51. The first kappa shape index (κ1) is 9.03. The van der Waals surface area contributed by atoms with Crippen LogP contribution in [0.15, 0.2) is 22.7 Å². The fraction of sp³-hybridized carbons (Fsp3) is 0.400. The molecule has 0 radical (unpaired) electrons. The Bertz CT molecular complexity index is 310. The number of halogens is 1. The summed E-state index contributed by atoms with van der Waals surface area (Å²) in [6.45, 7) is 4.00. The molecule has 13 heavy (non-hydrogen) atoms. The zero-order chi connectivity index (χ0) is 9.26. The molecule has 0 aliphatic carbocycles. The fourth-order valence-corrected chi connectivity index (χ4v) is 1.75. The number of hydrogen-bond donors (Lipinski definition) is 1. The Balaban J connectivity index is 2.10. The second kappa shape index (κ2) is 3.68. The largest absolute Gasteiger partial charge is 0.487 e. The highest BCUT2D eigenvalue weighted by Crippen LogP contribution is 2.23. The van der Waals surface area contributed by atoms with E-state index in [1.165, 1.54) is 5.56 Å². The van der Waals surface area contributed by atoms with Gasteiger partial charge in [0, 0.05) is 17.6 Å². The average Bonchev–Trinajstić information content (AvgIpc) is 1.99. The third-order valence-electron chi connectivity index (χ3n) is 2.17. The van der Waals surface area contributed by atoms with Crippen LogP contribution in [0.4, 0.5) is 0 Å². The summed E-state index contributed by atoms with van der Waals surface area (Å²) in [5, 5.41) is 3.18. The maximum Gasteiger partial charge on any atom is 0.123 e. The van der Waals surface area contributed by atoms with Crippen LogP contribution in [0.2, 0.25) is 0 Å². The number of hydrogen-bond acceptors (Lipinski definition) is 2. The van der Waals surface area contributed by atoms with Crippen LogP contribution in [-0.2, 0) is 0 Å². The van der Waals surface area contributed by atoms with Crippen molar-refractivity contribution in [2.75, 3.05) is 13.1 Å². The van der Waals surface area contributed by atoms with Crippen LogP contribution in [0, 0.1) is 6.92 Å². The Morgan fingerprint density at radius 2 is 2.23 bits per heavy atom. The molecule has 0 bridgehead atoms. The van der Waals surface area contributed by atoms with Gasteiger partial charge in [0.1, 0.15) is 11.9 Å². The molecule has 3 heteroatoms. The maximum atomic E-state index is 5.75. The molecule has 0 spiro atoms. The van der Waals surface area contributed by atoms with Gasteiger partial charge in [-0.1, -0.05) is 15.9 Å². The third kappa shape index (κ3) is 2.03. The second-order valence-corrected chi connectivity index (χ2v) is 4.22. The molecular formula is C10H12BrNO. The lowest BCUT2D eigenvalue weighted by molar-refractivity contribution is 0.141. The van der Waals surface area contributed by atoms with E-state index in [0.717, 1.165) is 23.3 Å². The van der Waals surface area contributed by atoms with E-state index < -0.39 is 0 Å². The first-order valence-corrected chi connectivity index (χ1v) is 5.18. The van der Waals surface area contributed by atoms with Crippen molar-refractivity contribution in [3.05, 3.63) is 28.2 Å². The van der Waals surface area contributed by atoms with Crippen molar-refractivity contribution in [3.63, 3.8) is 0 Å². The Morgan fingerprint density at radius 1 is 1.46 bits per heavy atom. The minimum Gasteiger partial charge on any atom is -0.487 e. The van der Waals surface area contributed by atoms with E-state index in [1.54, 1.807) is 0 Å². The average molecular weight is 242 g/mol. The number of rotatable bonds is 2. The van der Waals surface area contributed by atoms with E-state index in [4.69, 9.17) is 4.74 Å². The van der Waals surface area contributed by atoms with E-state index in [9.17, 15) is 0 Å². The van der Waals surface area contributed by atoms with Gasteiger partial charge in [-0.2, -0.15) is 0 Å². The minimum atomic E-state index is 0.361. The third-order valence-corrected chi connectivity index (χ3v) is 2.67. The Labute approximate surface area is 86.4 Å². The molecule has 1 N–H and O–H groups in total. The molecule has 1 saturated heterocycles. The van der Waals surface area contributed by atoms with Crippen LogP contribution in [-0.4, -0.2) is 19.2 Å². The Hall–Kier alpha value is -0.540. The predicted molar refractivity (Wildman–Crippen MR) is 56.2 cm³/mol. The first-order chi connectivity index (χ1) is 6.25. The molecular weight excluding hydrogens is 230 g/mol. The van der Waals surface area contributed by atoms with Crippen molar-refractivity contribution in [3.8, 4) is 5.75 Å². The maximum absolute atomic E-state index is 5.75. The van der Waals surface area contributed by atoms with Gasteiger partial charge in [-0.3, -0.25) is 0 Å². The molecule has 0 amide bonds. The van der Waals surface area contributed by atoms with Crippen LogP contribution < -0.4 is 10.1 Å². The molecule has 1 fully saturated rings. The molecule has 1 aromatic rings. The van der Waals surface area contributed by atoms with Gasteiger partial charge >= 0.3 is 0 Å². The van der Waals surface area contributed by atoms with Gasteiger partial charge in [0.05, 0.1) is 0 Å². The SMILES string of the molecule is Cc1cc(Br)ccc1OC1CNC1. The van der Waals surface area contributed by atoms with E-state index in [0.29, 0.717) is 6.10 Å². The molecule has 0 unspecified atom stereocenters. The smallest absolute Gasteiger partial charge is 0.123 e. The molecule has 0 saturated carbocycles. The van der Waals surface area contributed by atoms with Gasteiger partial charge in [-0.15, -0.1) is 0 Å². The van der Waals surface area contributed by atoms with Crippen molar-refractivity contribution < 1.29 is 4.74 Å². The summed E-state index contributed by atoms with van der Waals surface area (Å²) >= 11 is 3.43. The molecule has 0 atom stereocenters. The fourth-order valence-electron chi connectivity index (χ4n) is 1.27.